The van der Waals surface area contributed by atoms with Crippen molar-refractivity contribution in [1.29, 1.82) is 0 Å². The number of aromatic nitrogens is 2. The van der Waals surface area contributed by atoms with E-state index in [9.17, 15) is 9.50 Å². The topological polar surface area (TPSA) is 49.3 Å². The van der Waals surface area contributed by atoms with Crippen molar-refractivity contribution in [3.63, 3.8) is 0 Å². The molecule has 1 saturated heterocycles. The smallest absolute Gasteiger partial charge is 0.225 e. The summed E-state index contributed by atoms with van der Waals surface area (Å²) in [4.78, 5) is 11.2. The highest BCUT2D eigenvalue weighted by Crippen LogP contribution is 2.31. The molecule has 23 heavy (non-hydrogen) atoms. The van der Waals surface area contributed by atoms with E-state index in [0.29, 0.717) is 0 Å². The molecule has 1 N–H and O–H groups in total. The molecule has 0 aliphatic carbocycles. The Labute approximate surface area is 136 Å². The normalized spacial score (nSPS) is 17.8. The van der Waals surface area contributed by atoms with E-state index in [4.69, 9.17) is 0 Å². The van der Waals surface area contributed by atoms with Gasteiger partial charge in [0.2, 0.25) is 5.95 Å². The lowest BCUT2D eigenvalue weighted by atomic mass is 9.78. The lowest BCUT2D eigenvalue weighted by molar-refractivity contribution is 0.230. The number of hydrogen-bond donors (Lipinski definition) is 1. The van der Waals surface area contributed by atoms with Crippen molar-refractivity contribution in [2.75, 3.05) is 24.6 Å². The Balaban J connectivity index is 1.87. The molecule has 3 rings (SSSR count). The summed E-state index contributed by atoms with van der Waals surface area (Å²) in [5.41, 5.74) is 1.02. The van der Waals surface area contributed by atoms with Gasteiger partial charge >= 0.3 is 0 Å². The van der Waals surface area contributed by atoms with Gasteiger partial charge in [-0.1, -0.05) is 12.1 Å². The van der Waals surface area contributed by atoms with Crippen molar-refractivity contribution >= 4 is 5.95 Å². The number of anilines is 1. The van der Waals surface area contributed by atoms with Gasteiger partial charge in [-0.05, 0) is 43.9 Å². The van der Waals surface area contributed by atoms with Gasteiger partial charge < -0.3 is 10.0 Å². The summed E-state index contributed by atoms with van der Waals surface area (Å²) in [5.74, 6) is 0.457. The molecule has 2 aromatic rings. The maximum absolute atomic E-state index is 13.1. The monoisotopic (exact) mass is 315 g/mol. The Bertz CT molecular complexity index is 638. The second kappa shape index (κ2) is 6.62. The summed E-state index contributed by atoms with van der Waals surface area (Å²) in [6, 6.07) is 6.21. The van der Waals surface area contributed by atoms with Crippen LogP contribution in [0.2, 0.25) is 0 Å². The Kier molecular flexibility index (Phi) is 4.57. The predicted octanol–water partition coefficient (Wildman–Crippen LogP) is 2.90. The molecule has 0 bridgehead atoms. The van der Waals surface area contributed by atoms with Gasteiger partial charge in [0.05, 0.1) is 6.61 Å². The van der Waals surface area contributed by atoms with Crippen molar-refractivity contribution in [3.05, 3.63) is 53.6 Å². The van der Waals surface area contributed by atoms with E-state index in [1.54, 1.807) is 24.5 Å². The lowest BCUT2D eigenvalue weighted by Crippen LogP contribution is -2.32. The molecule has 4 nitrogen and oxygen atoms in total. The lowest BCUT2D eigenvalue weighted by Gasteiger charge is -2.30. The highest BCUT2D eigenvalue weighted by Gasteiger charge is 2.29. The van der Waals surface area contributed by atoms with Crippen LogP contribution in [0.4, 0.5) is 10.3 Å². The largest absolute Gasteiger partial charge is 0.395 e. The molecule has 0 radical (unpaired) electrons. The highest BCUT2D eigenvalue weighted by atomic mass is 19.1. The van der Waals surface area contributed by atoms with Crippen LogP contribution in [0.15, 0.2) is 36.7 Å². The molecule has 1 aromatic carbocycles. The van der Waals surface area contributed by atoms with Crippen molar-refractivity contribution in [1.82, 2.24) is 9.97 Å². The highest BCUT2D eigenvalue weighted by molar-refractivity contribution is 5.39. The molecule has 1 aromatic heterocycles. The van der Waals surface area contributed by atoms with Crippen molar-refractivity contribution < 1.29 is 9.50 Å². The fourth-order valence-corrected chi connectivity index (χ4v) is 3.03. The summed E-state index contributed by atoms with van der Waals surface area (Å²) >= 11 is 0. The van der Waals surface area contributed by atoms with Gasteiger partial charge in [-0.25, -0.2) is 14.4 Å². The number of rotatable bonds is 4. The van der Waals surface area contributed by atoms with E-state index in [0.717, 1.165) is 30.2 Å². The molecule has 1 aliphatic heterocycles. The number of benzene rings is 1. The third-order valence-electron chi connectivity index (χ3n) is 4.71. The molecular formula is C18H22FN3O. The maximum atomic E-state index is 13.1. The summed E-state index contributed by atoms with van der Waals surface area (Å²) in [6.07, 6.45) is 7.17. The molecule has 0 saturated carbocycles. The standard InChI is InChI=1S/C18H22FN3O/c1-18(13-23,14-5-7-16(19)8-6-14)15-11-20-17(21-12-15)22-9-3-2-4-10-22/h5-8,11-12,23H,2-4,9-10,13H2,1H3/t18-/m0/s1. The third-order valence-corrected chi connectivity index (χ3v) is 4.71. The molecule has 0 amide bonds. The SMILES string of the molecule is C[C@](CO)(c1ccc(F)cc1)c1cnc(N2CCCCC2)nc1. The Morgan fingerprint density at radius 3 is 2.22 bits per heavy atom. The van der Waals surface area contributed by atoms with E-state index in [1.165, 1.54) is 31.4 Å². The van der Waals surface area contributed by atoms with Crippen LogP contribution in [0.5, 0.6) is 0 Å². The van der Waals surface area contributed by atoms with E-state index in [-0.39, 0.29) is 12.4 Å². The minimum Gasteiger partial charge on any atom is -0.395 e. The zero-order valence-corrected chi connectivity index (χ0v) is 13.4. The number of nitrogens with zero attached hydrogens (tertiary/aromatic N) is 3. The molecule has 2 heterocycles. The number of halogens is 1. The van der Waals surface area contributed by atoms with Crippen molar-refractivity contribution in [2.45, 2.75) is 31.6 Å². The van der Waals surface area contributed by atoms with Crippen LogP contribution in [0.1, 0.15) is 37.3 Å². The van der Waals surface area contributed by atoms with Crippen LogP contribution >= 0.6 is 0 Å². The molecule has 122 valence electrons. The average Bonchev–Trinajstić information content (AvgIpc) is 2.62. The van der Waals surface area contributed by atoms with Crippen molar-refractivity contribution in [3.8, 4) is 0 Å². The molecule has 1 fully saturated rings. The van der Waals surface area contributed by atoms with Crippen molar-refractivity contribution in [2.24, 2.45) is 0 Å². The molecular weight excluding hydrogens is 293 g/mol. The number of aliphatic hydroxyl groups is 1. The second-order valence-corrected chi connectivity index (χ2v) is 6.32. The van der Waals surface area contributed by atoms with Gasteiger partial charge in [0.15, 0.2) is 0 Å². The first-order valence-electron chi connectivity index (χ1n) is 8.08. The first-order chi connectivity index (χ1) is 11.1. The van der Waals surface area contributed by atoms with Gasteiger partial charge in [-0.15, -0.1) is 0 Å². The van der Waals surface area contributed by atoms with E-state index >= 15 is 0 Å². The minimum absolute atomic E-state index is 0.0922. The first-order valence-corrected chi connectivity index (χ1v) is 8.08. The zero-order valence-electron chi connectivity index (χ0n) is 13.4. The van der Waals surface area contributed by atoms with Crippen LogP contribution < -0.4 is 4.90 Å². The summed E-state index contributed by atoms with van der Waals surface area (Å²) in [5, 5.41) is 9.92. The number of hydrogen-bond acceptors (Lipinski definition) is 4. The Hall–Kier alpha value is -2.01. The average molecular weight is 315 g/mol. The quantitative estimate of drug-likeness (QED) is 0.942. The van der Waals surface area contributed by atoms with Gasteiger partial charge in [-0.2, -0.15) is 0 Å². The molecule has 1 atom stereocenters. The van der Waals surface area contributed by atoms with Gasteiger partial charge in [-0.3, -0.25) is 0 Å². The number of aliphatic hydroxyl groups excluding tert-OH is 1. The molecule has 0 spiro atoms. The van der Waals surface area contributed by atoms with E-state index in [2.05, 4.69) is 14.9 Å². The van der Waals surface area contributed by atoms with Crippen LogP contribution in [0.3, 0.4) is 0 Å². The Morgan fingerprint density at radius 2 is 1.65 bits per heavy atom. The van der Waals surface area contributed by atoms with Crippen LogP contribution in [0, 0.1) is 5.82 Å². The van der Waals surface area contributed by atoms with Gasteiger partial charge in [0.25, 0.3) is 0 Å². The first kappa shape index (κ1) is 15.9. The van der Waals surface area contributed by atoms with Crippen LogP contribution in [-0.2, 0) is 5.41 Å². The Morgan fingerprint density at radius 1 is 1.04 bits per heavy atom. The van der Waals surface area contributed by atoms with E-state index in [1.807, 2.05) is 6.92 Å². The second-order valence-electron chi connectivity index (χ2n) is 6.32. The molecule has 1 aliphatic rings. The maximum Gasteiger partial charge on any atom is 0.225 e. The van der Waals surface area contributed by atoms with Gasteiger partial charge in [0.1, 0.15) is 5.82 Å². The minimum atomic E-state index is -0.645. The predicted molar refractivity (Wildman–Crippen MR) is 88.0 cm³/mol. The zero-order chi connectivity index (χ0) is 16.3. The fraction of sp³-hybridized carbons (Fsp3) is 0.444. The van der Waals surface area contributed by atoms with Crippen LogP contribution in [0.25, 0.3) is 0 Å². The molecule has 5 heteroatoms. The molecule has 0 unspecified atom stereocenters. The fourth-order valence-electron chi connectivity index (χ4n) is 3.03. The third kappa shape index (κ3) is 3.20. The number of piperidine rings is 1. The summed E-state index contributed by atoms with van der Waals surface area (Å²) in [6.45, 7) is 3.81. The van der Waals surface area contributed by atoms with Crippen LogP contribution in [-0.4, -0.2) is 34.8 Å². The van der Waals surface area contributed by atoms with Gasteiger partial charge in [0, 0.05) is 36.5 Å². The summed E-state index contributed by atoms with van der Waals surface area (Å²) < 4.78 is 13.1. The van der Waals surface area contributed by atoms with E-state index < -0.39 is 5.41 Å². The summed E-state index contributed by atoms with van der Waals surface area (Å²) in [7, 11) is 0.